The summed E-state index contributed by atoms with van der Waals surface area (Å²) in [4.78, 5) is 26.9. The fourth-order valence-electron chi connectivity index (χ4n) is 3.84. The first kappa shape index (κ1) is 23.0. The topological polar surface area (TPSA) is 71.9 Å². The molecule has 3 N–H and O–H groups in total. The van der Waals surface area contributed by atoms with E-state index in [0.29, 0.717) is 6.54 Å². The van der Waals surface area contributed by atoms with Crippen LogP contribution in [-0.4, -0.2) is 44.2 Å². The highest BCUT2D eigenvalue weighted by Gasteiger charge is 2.24. The summed E-state index contributed by atoms with van der Waals surface area (Å²) in [6, 6.07) is 17.2. The zero-order chi connectivity index (χ0) is 22.1. The molecule has 1 fully saturated rings. The number of carbonyl (C=O) groups is 2. The Bertz CT molecular complexity index is 848. The molecular formula is C25H34N3O3+. The lowest BCUT2D eigenvalue weighted by atomic mass is 10.0. The quantitative estimate of drug-likeness (QED) is 0.565. The largest absolute Gasteiger partial charge is 0.370 e. The minimum atomic E-state index is -0.562. The summed E-state index contributed by atoms with van der Waals surface area (Å²) >= 11 is 0. The second-order valence-corrected chi connectivity index (χ2v) is 8.48. The molecule has 0 saturated carbocycles. The molecule has 0 radical (unpaired) electrons. The van der Waals surface area contributed by atoms with E-state index in [2.05, 4.69) is 22.8 Å². The number of quaternary nitrogens is 1. The molecule has 6 heteroatoms. The predicted octanol–water partition coefficient (Wildman–Crippen LogP) is 1.10. The fraction of sp³-hybridized carbons (Fsp3) is 0.440. The predicted molar refractivity (Wildman–Crippen MR) is 120 cm³/mol. The van der Waals surface area contributed by atoms with Crippen LogP contribution in [0.4, 0.5) is 0 Å². The molecule has 1 aliphatic heterocycles. The average Bonchev–Trinajstić information content (AvgIpc) is 2.78. The summed E-state index contributed by atoms with van der Waals surface area (Å²) in [6.07, 6.45) is 0.266. The van der Waals surface area contributed by atoms with Crippen LogP contribution in [0.25, 0.3) is 0 Å². The van der Waals surface area contributed by atoms with Crippen molar-refractivity contribution in [2.45, 2.75) is 39.4 Å². The van der Waals surface area contributed by atoms with Gasteiger partial charge in [-0.05, 0) is 17.0 Å². The van der Waals surface area contributed by atoms with Gasteiger partial charge in [0.25, 0.3) is 0 Å². The van der Waals surface area contributed by atoms with E-state index in [1.165, 1.54) is 10.5 Å². The zero-order valence-electron chi connectivity index (χ0n) is 18.5. The van der Waals surface area contributed by atoms with Crippen LogP contribution >= 0.6 is 0 Å². The van der Waals surface area contributed by atoms with Gasteiger partial charge in [-0.3, -0.25) is 9.59 Å². The molecule has 0 unspecified atom stereocenters. The minimum Gasteiger partial charge on any atom is -0.370 e. The summed E-state index contributed by atoms with van der Waals surface area (Å²) in [5.74, 6) is -0.297. The molecule has 3 rings (SSSR count). The molecule has 31 heavy (non-hydrogen) atoms. The smallest absolute Gasteiger partial charge is 0.243 e. The van der Waals surface area contributed by atoms with E-state index < -0.39 is 6.04 Å². The number of carbonyl (C=O) groups excluding carboxylic acids is 2. The van der Waals surface area contributed by atoms with Crippen LogP contribution in [0.1, 0.15) is 30.5 Å². The second-order valence-electron chi connectivity index (χ2n) is 8.48. The van der Waals surface area contributed by atoms with Crippen molar-refractivity contribution < 1.29 is 19.2 Å². The van der Waals surface area contributed by atoms with Gasteiger partial charge >= 0.3 is 0 Å². The average molecular weight is 425 g/mol. The summed E-state index contributed by atoms with van der Waals surface area (Å²) in [5.41, 5.74) is 3.30. The molecule has 2 aromatic rings. The Morgan fingerprint density at radius 1 is 0.968 bits per heavy atom. The number of amides is 2. The van der Waals surface area contributed by atoms with Gasteiger partial charge < -0.3 is 20.3 Å². The third kappa shape index (κ3) is 7.19. The van der Waals surface area contributed by atoms with E-state index in [4.69, 9.17) is 4.74 Å². The molecule has 1 atom stereocenters. The number of nitrogens with one attached hydrogen (secondary N) is 3. The van der Waals surface area contributed by atoms with Crippen molar-refractivity contribution >= 4 is 11.8 Å². The maximum absolute atomic E-state index is 12.9. The van der Waals surface area contributed by atoms with Crippen molar-refractivity contribution in [2.75, 3.05) is 26.3 Å². The van der Waals surface area contributed by atoms with E-state index >= 15 is 0 Å². The molecule has 0 aromatic heterocycles. The lowest BCUT2D eigenvalue weighted by Gasteiger charge is -2.25. The van der Waals surface area contributed by atoms with Gasteiger partial charge in [-0.25, -0.2) is 0 Å². The SMILES string of the molecule is CC(C)[C@H](NC(=O)Cc1ccccc1)C(=O)NCc1ccccc1C[NH+]1CCOCC1. The molecule has 0 spiro atoms. The monoisotopic (exact) mass is 424 g/mol. The maximum atomic E-state index is 12.9. The van der Waals surface area contributed by atoms with Crippen LogP contribution in [0, 0.1) is 5.92 Å². The van der Waals surface area contributed by atoms with Crippen LogP contribution in [0.2, 0.25) is 0 Å². The molecule has 0 bridgehead atoms. The van der Waals surface area contributed by atoms with Gasteiger partial charge in [0.2, 0.25) is 11.8 Å². The van der Waals surface area contributed by atoms with E-state index in [-0.39, 0.29) is 24.2 Å². The Morgan fingerprint density at radius 3 is 2.29 bits per heavy atom. The van der Waals surface area contributed by atoms with Crippen molar-refractivity contribution in [1.29, 1.82) is 0 Å². The molecule has 1 heterocycles. The summed E-state index contributed by atoms with van der Waals surface area (Å²) in [5, 5.41) is 5.95. The number of hydrogen-bond donors (Lipinski definition) is 3. The lowest BCUT2D eigenvalue weighted by molar-refractivity contribution is -0.921. The van der Waals surface area contributed by atoms with Crippen LogP contribution in [0.3, 0.4) is 0 Å². The molecule has 1 saturated heterocycles. The van der Waals surface area contributed by atoms with Crippen LogP contribution in [-0.2, 0) is 33.8 Å². The third-order valence-corrected chi connectivity index (χ3v) is 5.68. The molecule has 2 aromatic carbocycles. The van der Waals surface area contributed by atoms with Crippen LogP contribution in [0.5, 0.6) is 0 Å². The van der Waals surface area contributed by atoms with Crippen molar-refractivity contribution in [3.05, 3.63) is 71.3 Å². The Hall–Kier alpha value is -2.70. The van der Waals surface area contributed by atoms with Gasteiger partial charge in [0.1, 0.15) is 25.7 Å². The highest BCUT2D eigenvalue weighted by atomic mass is 16.5. The number of benzene rings is 2. The number of rotatable bonds is 9. The third-order valence-electron chi connectivity index (χ3n) is 5.68. The second kappa shape index (κ2) is 11.6. The number of ether oxygens (including phenoxy) is 1. The zero-order valence-corrected chi connectivity index (χ0v) is 18.5. The first-order valence-corrected chi connectivity index (χ1v) is 11.1. The Balaban J connectivity index is 1.57. The fourth-order valence-corrected chi connectivity index (χ4v) is 3.84. The van der Waals surface area contributed by atoms with Gasteiger partial charge in [-0.15, -0.1) is 0 Å². The summed E-state index contributed by atoms with van der Waals surface area (Å²) in [6.45, 7) is 8.88. The molecule has 2 amide bonds. The van der Waals surface area contributed by atoms with E-state index in [0.717, 1.165) is 44.0 Å². The molecular weight excluding hydrogens is 390 g/mol. The summed E-state index contributed by atoms with van der Waals surface area (Å²) < 4.78 is 5.45. The summed E-state index contributed by atoms with van der Waals surface area (Å²) in [7, 11) is 0. The van der Waals surface area contributed by atoms with Gasteiger partial charge in [-0.1, -0.05) is 68.4 Å². The minimum absolute atomic E-state index is 0.00670. The van der Waals surface area contributed by atoms with E-state index in [1.54, 1.807) is 0 Å². The van der Waals surface area contributed by atoms with Crippen molar-refractivity contribution in [3.8, 4) is 0 Å². The van der Waals surface area contributed by atoms with Crippen molar-refractivity contribution in [2.24, 2.45) is 5.92 Å². The maximum Gasteiger partial charge on any atom is 0.243 e. The Labute approximate surface area is 185 Å². The van der Waals surface area contributed by atoms with Gasteiger partial charge in [-0.2, -0.15) is 0 Å². The van der Waals surface area contributed by atoms with Crippen molar-refractivity contribution in [1.82, 2.24) is 10.6 Å². The van der Waals surface area contributed by atoms with Gasteiger partial charge in [0, 0.05) is 12.1 Å². The Morgan fingerprint density at radius 2 is 1.61 bits per heavy atom. The molecule has 166 valence electrons. The van der Waals surface area contributed by atoms with E-state index in [9.17, 15) is 9.59 Å². The van der Waals surface area contributed by atoms with Gasteiger partial charge in [0.05, 0.1) is 19.6 Å². The first-order chi connectivity index (χ1) is 15.0. The number of morpholine rings is 1. The first-order valence-electron chi connectivity index (χ1n) is 11.1. The lowest BCUT2D eigenvalue weighted by Crippen LogP contribution is -3.12. The van der Waals surface area contributed by atoms with E-state index in [1.807, 2.05) is 56.3 Å². The highest BCUT2D eigenvalue weighted by molar-refractivity contribution is 5.88. The van der Waals surface area contributed by atoms with Gasteiger partial charge in [0.15, 0.2) is 0 Å². The number of hydrogen-bond acceptors (Lipinski definition) is 3. The van der Waals surface area contributed by atoms with Crippen LogP contribution < -0.4 is 15.5 Å². The Kier molecular flexibility index (Phi) is 8.62. The van der Waals surface area contributed by atoms with Crippen LogP contribution in [0.15, 0.2) is 54.6 Å². The highest BCUT2D eigenvalue weighted by Crippen LogP contribution is 2.09. The normalized spacial score (nSPS) is 15.5. The molecule has 0 aliphatic carbocycles. The molecule has 6 nitrogen and oxygen atoms in total. The van der Waals surface area contributed by atoms with Crippen molar-refractivity contribution in [3.63, 3.8) is 0 Å². The standard InChI is InChI=1S/C25H33N3O3/c1-19(2)24(27-23(29)16-20-8-4-3-5-9-20)25(30)26-17-21-10-6-7-11-22(21)18-28-12-14-31-15-13-28/h3-11,19,24H,12-18H2,1-2H3,(H,26,30)(H,27,29)/p+1/t24-/m0/s1. The molecule has 1 aliphatic rings.